The van der Waals surface area contributed by atoms with Gasteiger partial charge in [-0.25, -0.2) is 8.78 Å². The van der Waals surface area contributed by atoms with E-state index in [2.05, 4.69) is 0 Å². The van der Waals surface area contributed by atoms with Crippen molar-refractivity contribution in [1.29, 1.82) is 5.26 Å². The van der Waals surface area contributed by atoms with Crippen LogP contribution < -0.4 is 4.90 Å². The average Bonchev–Trinajstić information content (AvgIpc) is 2.39. The predicted molar refractivity (Wildman–Crippen MR) is 65.6 cm³/mol. The number of carbonyl (C=O) groups is 1. The molecular formula is C13H14F2N2O2. The van der Waals surface area contributed by atoms with E-state index in [-0.39, 0.29) is 30.8 Å². The Morgan fingerprint density at radius 2 is 2.11 bits per heavy atom. The molecule has 0 aliphatic carbocycles. The van der Waals surface area contributed by atoms with Crippen LogP contribution in [-0.2, 0) is 9.53 Å². The first-order chi connectivity index (χ1) is 9.01. The third-order valence-electron chi connectivity index (χ3n) is 2.55. The second kappa shape index (κ2) is 6.69. The van der Waals surface area contributed by atoms with Crippen molar-refractivity contribution in [2.24, 2.45) is 0 Å². The lowest BCUT2D eigenvalue weighted by molar-refractivity contribution is -0.142. The molecule has 1 aromatic rings. The molecule has 4 nitrogen and oxygen atoms in total. The summed E-state index contributed by atoms with van der Waals surface area (Å²) in [5.74, 6) is -2.67. The van der Waals surface area contributed by atoms with Gasteiger partial charge in [0.15, 0.2) is 11.6 Å². The Morgan fingerprint density at radius 1 is 1.42 bits per heavy atom. The normalized spacial score (nSPS) is 9.84. The monoisotopic (exact) mass is 268 g/mol. The number of esters is 1. The third-order valence-corrected chi connectivity index (χ3v) is 2.55. The van der Waals surface area contributed by atoms with E-state index < -0.39 is 17.6 Å². The molecule has 6 heteroatoms. The van der Waals surface area contributed by atoms with Crippen LogP contribution in [0.25, 0.3) is 0 Å². The Balaban J connectivity index is 2.78. The number of nitriles is 1. The summed E-state index contributed by atoms with van der Waals surface area (Å²) < 4.78 is 31.9. The molecule has 0 heterocycles. The van der Waals surface area contributed by atoms with Crippen LogP contribution in [0.4, 0.5) is 14.5 Å². The van der Waals surface area contributed by atoms with E-state index in [4.69, 9.17) is 10.00 Å². The van der Waals surface area contributed by atoms with Crippen LogP contribution in [0.3, 0.4) is 0 Å². The predicted octanol–water partition coefficient (Wildman–Crippen LogP) is 2.23. The van der Waals surface area contributed by atoms with Gasteiger partial charge < -0.3 is 9.64 Å². The molecule has 0 bridgehead atoms. The molecule has 0 N–H and O–H groups in total. The largest absolute Gasteiger partial charge is 0.466 e. The average molecular weight is 268 g/mol. The molecule has 1 aromatic carbocycles. The summed E-state index contributed by atoms with van der Waals surface area (Å²) in [6.45, 7) is 2.17. The van der Waals surface area contributed by atoms with Crippen molar-refractivity contribution >= 4 is 11.7 Å². The van der Waals surface area contributed by atoms with Gasteiger partial charge in [-0.2, -0.15) is 5.26 Å². The van der Waals surface area contributed by atoms with E-state index in [9.17, 15) is 13.6 Å². The fraction of sp³-hybridized carbons (Fsp3) is 0.385. The number of benzene rings is 1. The molecule has 0 amide bonds. The standard InChI is InChI=1S/C13H14F2N2O2/c1-3-19-11(18)6-7-17(2)10-5-4-9(8-16)12(14)13(10)15/h4-5H,3,6-7H2,1-2H3. The van der Waals surface area contributed by atoms with Gasteiger partial charge in [-0.15, -0.1) is 0 Å². The number of hydrogen-bond donors (Lipinski definition) is 0. The minimum absolute atomic E-state index is 0.000739. The number of halogens is 2. The summed E-state index contributed by atoms with van der Waals surface area (Å²) >= 11 is 0. The molecule has 102 valence electrons. The highest BCUT2D eigenvalue weighted by Crippen LogP contribution is 2.23. The summed E-state index contributed by atoms with van der Waals surface area (Å²) in [6.07, 6.45) is 0.0748. The zero-order valence-electron chi connectivity index (χ0n) is 10.7. The minimum Gasteiger partial charge on any atom is -0.466 e. The zero-order valence-corrected chi connectivity index (χ0v) is 10.7. The molecule has 0 spiro atoms. The van der Waals surface area contributed by atoms with Crippen molar-refractivity contribution in [3.8, 4) is 6.07 Å². The maximum atomic E-state index is 13.7. The quantitative estimate of drug-likeness (QED) is 0.768. The van der Waals surface area contributed by atoms with E-state index >= 15 is 0 Å². The number of nitrogens with zero attached hydrogens (tertiary/aromatic N) is 2. The van der Waals surface area contributed by atoms with E-state index in [1.165, 1.54) is 24.1 Å². The highest BCUT2D eigenvalue weighted by molar-refractivity contribution is 5.70. The van der Waals surface area contributed by atoms with Crippen LogP contribution in [0.2, 0.25) is 0 Å². The number of carbonyl (C=O) groups excluding carboxylic acids is 1. The van der Waals surface area contributed by atoms with Gasteiger partial charge in [0.05, 0.1) is 24.3 Å². The lowest BCUT2D eigenvalue weighted by atomic mass is 10.2. The fourth-order valence-corrected chi connectivity index (χ4v) is 1.53. The van der Waals surface area contributed by atoms with E-state index in [0.29, 0.717) is 0 Å². The first-order valence-corrected chi connectivity index (χ1v) is 5.76. The van der Waals surface area contributed by atoms with Crippen LogP contribution in [-0.4, -0.2) is 26.2 Å². The SMILES string of the molecule is CCOC(=O)CCN(C)c1ccc(C#N)c(F)c1F. The van der Waals surface area contributed by atoms with E-state index in [0.717, 1.165) is 0 Å². The number of anilines is 1. The zero-order chi connectivity index (χ0) is 14.4. The van der Waals surface area contributed by atoms with Gasteiger partial charge in [-0.3, -0.25) is 4.79 Å². The Hall–Kier alpha value is -2.16. The number of rotatable bonds is 5. The molecule has 0 radical (unpaired) electrons. The van der Waals surface area contributed by atoms with Crippen molar-refractivity contribution in [3.05, 3.63) is 29.3 Å². The van der Waals surface area contributed by atoms with Gasteiger partial charge in [0, 0.05) is 13.6 Å². The van der Waals surface area contributed by atoms with Gasteiger partial charge in [0.25, 0.3) is 0 Å². The maximum Gasteiger partial charge on any atom is 0.307 e. The van der Waals surface area contributed by atoms with Crippen molar-refractivity contribution in [2.75, 3.05) is 25.1 Å². The molecule has 1 rings (SSSR count). The van der Waals surface area contributed by atoms with Crippen molar-refractivity contribution in [2.45, 2.75) is 13.3 Å². The molecule has 0 aliphatic heterocycles. The lowest BCUT2D eigenvalue weighted by Crippen LogP contribution is -2.23. The van der Waals surface area contributed by atoms with Crippen molar-refractivity contribution in [1.82, 2.24) is 0 Å². The van der Waals surface area contributed by atoms with Crippen molar-refractivity contribution < 1.29 is 18.3 Å². The first-order valence-electron chi connectivity index (χ1n) is 5.76. The third kappa shape index (κ3) is 3.65. The summed E-state index contributed by atoms with van der Waals surface area (Å²) in [5, 5.41) is 8.58. The topological polar surface area (TPSA) is 53.3 Å². The summed E-state index contributed by atoms with van der Waals surface area (Å²) in [4.78, 5) is 12.6. The van der Waals surface area contributed by atoms with Gasteiger partial charge in [0.1, 0.15) is 6.07 Å². The summed E-state index contributed by atoms with van der Waals surface area (Å²) in [7, 11) is 1.53. The van der Waals surface area contributed by atoms with Gasteiger partial charge in [-0.05, 0) is 19.1 Å². The second-order valence-corrected chi connectivity index (χ2v) is 3.85. The molecular weight excluding hydrogens is 254 g/mol. The van der Waals surface area contributed by atoms with E-state index in [1.807, 2.05) is 0 Å². The summed E-state index contributed by atoms with van der Waals surface area (Å²) in [6, 6.07) is 4.07. The van der Waals surface area contributed by atoms with Crippen LogP contribution in [0.5, 0.6) is 0 Å². The lowest BCUT2D eigenvalue weighted by Gasteiger charge is -2.19. The maximum absolute atomic E-state index is 13.7. The highest BCUT2D eigenvalue weighted by atomic mass is 19.2. The van der Waals surface area contributed by atoms with Gasteiger partial charge in [-0.1, -0.05) is 0 Å². The van der Waals surface area contributed by atoms with Crippen LogP contribution >= 0.6 is 0 Å². The second-order valence-electron chi connectivity index (χ2n) is 3.85. The summed E-state index contributed by atoms with van der Waals surface area (Å²) in [5.41, 5.74) is -0.346. The Bertz CT molecular complexity index is 512. The van der Waals surface area contributed by atoms with Crippen LogP contribution in [0, 0.1) is 23.0 Å². The Kier molecular flexibility index (Phi) is 5.24. The molecule has 0 saturated carbocycles. The van der Waals surface area contributed by atoms with E-state index in [1.54, 1.807) is 13.0 Å². The van der Waals surface area contributed by atoms with Crippen LogP contribution in [0.1, 0.15) is 18.9 Å². The number of ether oxygens (including phenoxy) is 1. The number of hydrogen-bond acceptors (Lipinski definition) is 4. The molecule has 0 atom stereocenters. The fourth-order valence-electron chi connectivity index (χ4n) is 1.53. The van der Waals surface area contributed by atoms with Gasteiger partial charge in [0.2, 0.25) is 0 Å². The molecule has 0 unspecified atom stereocenters. The smallest absolute Gasteiger partial charge is 0.307 e. The van der Waals surface area contributed by atoms with Crippen LogP contribution in [0.15, 0.2) is 12.1 Å². The highest BCUT2D eigenvalue weighted by Gasteiger charge is 2.16. The molecule has 0 saturated heterocycles. The molecule has 19 heavy (non-hydrogen) atoms. The van der Waals surface area contributed by atoms with Crippen molar-refractivity contribution in [3.63, 3.8) is 0 Å². The Morgan fingerprint density at radius 3 is 2.68 bits per heavy atom. The minimum atomic E-state index is -1.18. The Labute approximate surface area is 110 Å². The molecule has 0 fully saturated rings. The molecule has 0 aromatic heterocycles. The molecule has 0 aliphatic rings. The van der Waals surface area contributed by atoms with Gasteiger partial charge >= 0.3 is 5.97 Å². The first kappa shape index (κ1) is 14.9.